The molecule has 0 spiro atoms. The number of hydrogen-bond donors (Lipinski definition) is 2. The number of morpholine rings is 1. The van der Waals surface area contributed by atoms with Crippen LogP contribution >= 0.6 is 0 Å². The van der Waals surface area contributed by atoms with Crippen molar-refractivity contribution in [3.8, 4) is 0 Å². The standard InChI is InChI=1S/C20H20N6O3/c21-19(27)17-12-26(7-8-29-17)18-11-22-9-14(24-18)10-23-20(28)16-6-5-13-3-1-2-4-15(13)25-16/h1-6,9,11,17H,7-8,10,12H2,(H2,21,27)(H,23,28). The van der Waals surface area contributed by atoms with Gasteiger partial charge >= 0.3 is 0 Å². The monoisotopic (exact) mass is 392 g/mol. The fourth-order valence-electron chi connectivity index (χ4n) is 3.12. The zero-order valence-corrected chi connectivity index (χ0v) is 15.6. The number of ether oxygens (including phenoxy) is 1. The summed E-state index contributed by atoms with van der Waals surface area (Å²) in [5, 5.41) is 3.79. The normalized spacial score (nSPS) is 16.6. The Morgan fingerprint density at radius 3 is 2.90 bits per heavy atom. The molecule has 3 aromatic rings. The van der Waals surface area contributed by atoms with E-state index in [0.29, 0.717) is 36.9 Å². The molecule has 1 unspecified atom stereocenters. The second-order valence-corrected chi connectivity index (χ2v) is 6.65. The first-order chi connectivity index (χ1) is 14.1. The van der Waals surface area contributed by atoms with Crippen LogP contribution in [-0.4, -0.2) is 52.6 Å². The molecule has 3 heterocycles. The minimum Gasteiger partial charge on any atom is -0.367 e. The first-order valence-corrected chi connectivity index (χ1v) is 9.21. The number of aromatic nitrogens is 3. The van der Waals surface area contributed by atoms with E-state index in [0.717, 1.165) is 10.9 Å². The summed E-state index contributed by atoms with van der Waals surface area (Å²) in [6.45, 7) is 1.48. The maximum absolute atomic E-state index is 12.5. The number of pyridine rings is 1. The molecule has 0 radical (unpaired) electrons. The van der Waals surface area contributed by atoms with E-state index < -0.39 is 12.0 Å². The van der Waals surface area contributed by atoms with Crippen molar-refractivity contribution in [3.05, 3.63) is 60.2 Å². The first kappa shape index (κ1) is 18.8. The van der Waals surface area contributed by atoms with Gasteiger partial charge in [0.05, 0.1) is 43.3 Å². The van der Waals surface area contributed by atoms with Crippen LogP contribution in [0.1, 0.15) is 16.2 Å². The van der Waals surface area contributed by atoms with E-state index in [1.54, 1.807) is 18.5 Å². The molecule has 1 aromatic carbocycles. The largest absolute Gasteiger partial charge is 0.367 e. The molecule has 1 saturated heterocycles. The Labute approximate surface area is 166 Å². The molecule has 9 heteroatoms. The van der Waals surface area contributed by atoms with Gasteiger partial charge in [-0.15, -0.1) is 0 Å². The van der Waals surface area contributed by atoms with Crippen LogP contribution in [0.5, 0.6) is 0 Å². The number of primary amides is 1. The van der Waals surface area contributed by atoms with Crippen LogP contribution in [0.25, 0.3) is 10.9 Å². The maximum atomic E-state index is 12.5. The highest BCUT2D eigenvalue weighted by Crippen LogP contribution is 2.15. The molecule has 148 valence electrons. The van der Waals surface area contributed by atoms with E-state index in [4.69, 9.17) is 10.5 Å². The Hall–Kier alpha value is -3.59. The van der Waals surface area contributed by atoms with Crippen molar-refractivity contribution in [2.24, 2.45) is 5.73 Å². The summed E-state index contributed by atoms with van der Waals surface area (Å²) >= 11 is 0. The zero-order valence-electron chi connectivity index (χ0n) is 15.6. The van der Waals surface area contributed by atoms with Crippen molar-refractivity contribution in [1.29, 1.82) is 0 Å². The molecule has 1 aliphatic heterocycles. The molecule has 9 nitrogen and oxygen atoms in total. The highest BCUT2D eigenvalue weighted by Gasteiger charge is 2.25. The van der Waals surface area contributed by atoms with E-state index in [1.165, 1.54) is 0 Å². The second kappa shape index (κ2) is 8.19. The fraction of sp³-hybridized carbons (Fsp3) is 0.250. The van der Waals surface area contributed by atoms with Gasteiger partial charge in [0.15, 0.2) is 6.10 Å². The van der Waals surface area contributed by atoms with Gasteiger partial charge in [0, 0.05) is 11.9 Å². The zero-order chi connectivity index (χ0) is 20.2. The van der Waals surface area contributed by atoms with Gasteiger partial charge in [0.2, 0.25) is 5.91 Å². The van der Waals surface area contributed by atoms with Crippen LogP contribution in [0.3, 0.4) is 0 Å². The molecule has 2 aromatic heterocycles. The third-order valence-electron chi connectivity index (χ3n) is 4.64. The Morgan fingerprint density at radius 2 is 2.03 bits per heavy atom. The summed E-state index contributed by atoms with van der Waals surface area (Å²) in [6, 6.07) is 11.2. The third-order valence-corrected chi connectivity index (χ3v) is 4.64. The number of anilines is 1. The molecular weight excluding hydrogens is 372 g/mol. The van der Waals surface area contributed by atoms with Gasteiger partial charge in [0.25, 0.3) is 5.91 Å². The number of hydrogen-bond acceptors (Lipinski definition) is 7. The molecule has 0 saturated carbocycles. The molecule has 29 heavy (non-hydrogen) atoms. The number of benzene rings is 1. The Morgan fingerprint density at radius 1 is 1.17 bits per heavy atom. The number of para-hydroxylation sites is 1. The van der Waals surface area contributed by atoms with Crippen molar-refractivity contribution in [2.45, 2.75) is 12.6 Å². The number of amides is 2. The number of rotatable bonds is 5. The molecule has 3 N–H and O–H groups in total. The van der Waals surface area contributed by atoms with Gasteiger partial charge in [-0.05, 0) is 12.1 Å². The molecule has 0 bridgehead atoms. The average molecular weight is 392 g/mol. The van der Waals surface area contributed by atoms with Crippen molar-refractivity contribution in [2.75, 3.05) is 24.6 Å². The Balaban J connectivity index is 1.42. The Bertz CT molecular complexity index is 1060. The van der Waals surface area contributed by atoms with Crippen LogP contribution in [-0.2, 0) is 16.1 Å². The van der Waals surface area contributed by atoms with Crippen LogP contribution in [0, 0.1) is 0 Å². The summed E-state index contributed by atoms with van der Waals surface area (Å²) in [4.78, 5) is 38.8. The second-order valence-electron chi connectivity index (χ2n) is 6.65. The van der Waals surface area contributed by atoms with Crippen molar-refractivity contribution >= 4 is 28.5 Å². The lowest BCUT2D eigenvalue weighted by atomic mass is 10.2. The van der Waals surface area contributed by atoms with Crippen molar-refractivity contribution in [3.63, 3.8) is 0 Å². The molecule has 4 rings (SSSR count). The number of fused-ring (bicyclic) bond motifs is 1. The molecule has 1 fully saturated rings. The van der Waals surface area contributed by atoms with Gasteiger partial charge in [-0.25, -0.2) is 9.97 Å². The SMILES string of the molecule is NC(=O)C1CN(c2cncc(CNC(=O)c3ccc4ccccc4n3)n2)CCO1. The van der Waals surface area contributed by atoms with E-state index in [2.05, 4.69) is 20.3 Å². The number of nitrogens with zero attached hydrogens (tertiary/aromatic N) is 4. The van der Waals surface area contributed by atoms with Gasteiger partial charge in [-0.2, -0.15) is 0 Å². The number of nitrogens with one attached hydrogen (secondary N) is 1. The van der Waals surface area contributed by atoms with Crippen LogP contribution < -0.4 is 16.0 Å². The molecule has 1 aliphatic rings. The van der Waals surface area contributed by atoms with E-state index in [1.807, 2.05) is 35.2 Å². The molecule has 0 aliphatic carbocycles. The van der Waals surface area contributed by atoms with Crippen LogP contribution in [0.4, 0.5) is 5.82 Å². The summed E-state index contributed by atoms with van der Waals surface area (Å²) in [6.07, 6.45) is 2.52. The fourth-order valence-corrected chi connectivity index (χ4v) is 3.12. The topological polar surface area (TPSA) is 123 Å². The smallest absolute Gasteiger partial charge is 0.270 e. The molecule has 1 atom stereocenters. The molecule has 2 amide bonds. The minimum atomic E-state index is -0.673. The summed E-state index contributed by atoms with van der Waals surface area (Å²) < 4.78 is 5.35. The maximum Gasteiger partial charge on any atom is 0.270 e. The minimum absolute atomic E-state index is 0.206. The third kappa shape index (κ3) is 4.30. The lowest BCUT2D eigenvalue weighted by Gasteiger charge is -2.32. The van der Waals surface area contributed by atoms with Gasteiger partial charge in [0.1, 0.15) is 11.5 Å². The average Bonchev–Trinajstić information content (AvgIpc) is 2.77. The highest BCUT2D eigenvalue weighted by molar-refractivity contribution is 5.94. The highest BCUT2D eigenvalue weighted by atomic mass is 16.5. The molecular formula is C20H20N6O3. The predicted octanol–water partition coefficient (Wildman–Crippen LogP) is 0.645. The first-order valence-electron chi connectivity index (χ1n) is 9.21. The quantitative estimate of drug-likeness (QED) is 0.653. The number of carbonyl (C=O) groups excluding carboxylic acids is 2. The Kier molecular flexibility index (Phi) is 5.30. The lowest BCUT2D eigenvalue weighted by Crippen LogP contribution is -2.48. The van der Waals surface area contributed by atoms with Gasteiger partial charge in [-0.1, -0.05) is 24.3 Å². The van der Waals surface area contributed by atoms with Crippen molar-refractivity contribution in [1.82, 2.24) is 20.3 Å². The van der Waals surface area contributed by atoms with E-state index in [-0.39, 0.29) is 12.5 Å². The van der Waals surface area contributed by atoms with Crippen molar-refractivity contribution < 1.29 is 14.3 Å². The summed E-state index contributed by atoms with van der Waals surface area (Å²) in [5.41, 5.74) is 7.02. The summed E-state index contributed by atoms with van der Waals surface area (Å²) in [7, 11) is 0. The van der Waals surface area contributed by atoms with Crippen LogP contribution in [0.15, 0.2) is 48.8 Å². The number of nitrogens with two attached hydrogens (primary N) is 1. The lowest BCUT2D eigenvalue weighted by molar-refractivity contribution is -0.130. The van der Waals surface area contributed by atoms with Gasteiger partial charge in [-0.3, -0.25) is 14.6 Å². The van der Waals surface area contributed by atoms with E-state index in [9.17, 15) is 9.59 Å². The van der Waals surface area contributed by atoms with Crippen LogP contribution in [0.2, 0.25) is 0 Å². The van der Waals surface area contributed by atoms with Gasteiger partial charge < -0.3 is 20.7 Å². The predicted molar refractivity (Wildman–Crippen MR) is 106 cm³/mol. The van der Waals surface area contributed by atoms with E-state index >= 15 is 0 Å². The number of carbonyl (C=O) groups is 2. The summed E-state index contributed by atoms with van der Waals surface area (Å²) in [5.74, 6) is -0.188.